The second-order valence-corrected chi connectivity index (χ2v) is 4.52. The third kappa shape index (κ3) is 2.23. The fourth-order valence-electron chi connectivity index (χ4n) is 2.48. The molecule has 1 N–H and O–H groups in total. The number of hydrogen-bond acceptors (Lipinski definition) is 2. The number of rotatable bonds is 3. The molecule has 2 aliphatic rings. The number of nitrogens with zero attached hydrogens (tertiary/aromatic N) is 1. The zero-order valence-electron chi connectivity index (χ0n) is 8.76. The summed E-state index contributed by atoms with van der Waals surface area (Å²) in [6.45, 7) is 6.08. The Morgan fingerprint density at radius 2 is 2.23 bits per heavy atom. The van der Waals surface area contributed by atoms with Gasteiger partial charge in [-0.1, -0.05) is 19.8 Å². The Balaban J connectivity index is 1.77. The maximum atomic E-state index is 3.61. The smallest absolute Gasteiger partial charge is 0.0195 e. The van der Waals surface area contributed by atoms with Gasteiger partial charge >= 0.3 is 0 Å². The van der Waals surface area contributed by atoms with E-state index < -0.39 is 0 Å². The molecule has 0 amide bonds. The van der Waals surface area contributed by atoms with Crippen molar-refractivity contribution in [3.05, 3.63) is 0 Å². The van der Waals surface area contributed by atoms with Gasteiger partial charge in [0.2, 0.25) is 0 Å². The minimum atomic E-state index is 0.777. The molecule has 0 aromatic rings. The van der Waals surface area contributed by atoms with Crippen molar-refractivity contribution >= 4 is 0 Å². The summed E-state index contributed by atoms with van der Waals surface area (Å²) in [6.07, 6.45) is 7.05. The van der Waals surface area contributed by atoms with Gasteiger partial charge in [0.15, 0.2) is 0 Å². The summed E-state index contributed by atoms with van der Waals surface area (Å²) < 4.78 is 0. The predicted molar refractivity (Wildman–Crippen MR) is 55.9 cm³/mol. The van der Waals surface area contributed by atoms with Crippen LogP contribution >= 0.6 is 0 Å². The Kier molecular flexibility index (Phi) is 3.23. The molecule has 1 aliphatic carbocycles. The number of hydrogen-bond donors (Lipinski definition) is 1. The van der Waals surface area contributed by atoms with Gasteiger partial charge in [-0.3, -0.25) is 4.90 Å². The lowest BCUT2D eigenvalue weighted by Crippen LogP contribution is -2.55. The van der Waals surface area contributed by atoms with Crippen LogP contribution in [0, 0.1) is 0 Å². The third-order valence-corrected chi connectivity index (χ3v) is 3.52. The molecule has 1 aliphatic heterocycles. The Labute approximate surface area is 81.7 Å². The summed E-state index contributed by atoms with van der Waals surface area (Å²) in [5, 5.41) is 3.61. The second kappa shape index (κ2) is 4.43. The Morgan fingerprint density at radius 3 is 2.85 bits per heavy atom. The van der Waals surface area contributed by atoms with E-state index in [1.165, 1.54) is 51.7 Å². The molecular weight excluding hydrogens is 160 g/mol. The van der Waals surface area contributed by atoms with Gasteiger partial charge in [0, 0.05) is 31.7 Å². The molecule has 1 saturated heterocycles. The molecule has 13 heavy (non-hydrogen) atoms. The molecule has 2 heteroatoms. The Morgan fingerprint density at radius 1 is 1.38 bits per heavy atom. The van der Waals surface area contributed by atoms with E-state index in [2.05, 4.69) is 17.1 Å². The van der Waals surface area contributed by atoms with E-state index in [4.69, 9.17) is 0 Å². The largest absolute Gasteiger partial charge is 0.311 e. The van der Waals surface area contributed by atoms with Gasteiger partial charge in [0.25, 0.3) is 0 Å². The Hall–Kier alpha value is -0.0800. The fourth-order valence-corrected chi connectivity index (χ4v) is 2.48. The molecule has 0 radical (unpaired) electrons. The molecule has 0 bridgehead atoms. The minimum Gasteiger partial charge on any atom is -0.311 e. The summed E-state index contributed by atoms with van der Waals surface area (Å²) >= 11 is 0. The van der Waals surface area contributed by atoms with E-state index in [0.717, 1.165) is 12.1 Å². The van der Waals surface area contributed by atoms with E-state index in [0.29, 0.717) is 0 Å². The molecule has 2 fully saturated rings. The zero-order chi connectivity index (χ0) is 9.10. The molecule has 1 atom stereocenters. The minimum absolute atomic E-state index is 0.777. The zero-order valence-corrected chi connectivity index (χ0v) is 8.76. The van der Waals surface area contributed by atoms with Crippen molar-refractivity contribution in [2.45, 2.75) is 51.1 Å². The van der Waals surface area contributed by atoms with Crippen LogP contribution in [0.2, 0.25) is 0 Å². The van der Waals surface area contributed by atoms with Gasteiger partial charge in [-0.05, 0) is 19.3 Å². The van der Waals surface area contributed by atoms with Crippen molar-refractivity contribution in [1.29, 1.82) is 0 Å². The molecule has 0 spiro atoms. The highest BCUT2D eigenvalue weighted by molar-refractivity contribution is 4.86. The van der Waals surface area contributed by atoms with Crippen LogP contribution in [0.4, 0.5) is 0 Å². The fraction of sp³-hybridized carbons (Fsp3) is 1.00. The number of piperazine rings is 1. The highest BCUT2D eigenvalue weighted by Crippen LogP contribution is 2.25. The lowest BCUT2D eigenvalue weighted by atomic mass is 9.90. The first-order valence-corrected chi connectivity index (χ1v) is 5.87. The van der Waals surface area contributed by atoms with Crippen LogP contribution in [0.25, 0.3) is 0 Å². The molecule has 76 valence electrons. The normalized spacial score (nSPS) is 31.6. The van der Waals surface area contributed by atoms with Crippen molar-refractivity contribution < 1.29 is 0 Å². The average molecular weight is 182 g/mol. The summed E-state index contributed by atoms with van der Waals surface area (Å²) in [5.41, 5.74) is 0. The van der Waals surface area contributed by atoms with Gasteiger partial charge in [0.05, 0.1) is 0 Å². The van der Waals surface area contributed by atoms with Crippen LogP contribution in [0.3, 0.4) is 0 Å². The quantitative estimate of drug-likeness (QED) is 0.713. The predicted octanol–water partition coefficient (Wildman–Crippen LogP) is 1.61. The van der Waals surface area contributed by atoms with Crippen molar-refractivity contribution in [3.63, 3.8) is 0 Å². The van der Waals surface area contributed by atoms with Gasteiger partial charge in [-0.2, -0.15) is 0 Å². The second-order valence-electron chi connectivity index (χ2n) is 4.52. The van der Waals surface area contributed by atoms with E-state index >= 15 is 0 Å². The monoisotopic (exact) mass is 182 g/mol. The highest BCUT2D eigenvalue weighted by atomic mass is 15.2. The van der Waals surface area contributed by atoms with E-state index in [9.17, 15) is 0 Å². The van der Waals surface area contributed by atoms with Crippen molar-refractivity contribution in [2.75, 3.05) is 19.6 Å². The van der Waals surface area contributed by atoms with Crippen molar-refractivity contribution in [2.24, 2.45) is 0 Å². The summed E-state index contributed by atoms with van der Waals surface area (Å²) in [4.78, 5) is 2.71. The van der Waals surface area contributed by atoms with Gasteiger partial charge in [-0.15, -0.1) is 0 Å². The Bertz CT molecular complexity index is 152. The lowest BCUT2D eigenvalue weighted by Gasteiger charge is -2.42. The number of nitrogens with one attached hydrogen (secondary N) is 1. The highest BCUT2D eigenvalue weighted by Gasteiger charge is 2.28. The SMILES string of the molecule is CCCC1CN(C2CCC2)CCN1. The van der Waals surface area contributed by atoms with E-state index in [-0.39, 0.29) is 0 Å². The summed E-state index contributed by atoms with van der Waals surface area (Å²) in [6, 6.07) is 1.72. The van der Waals surface area contributed by atoms with Crippen LogP contribution in [0.1, 0.15) is 39.0 Å². The molecular formula is C11H22N2. The molecule has 0 aromatic carbocycles. The molecule has 0 aromatic heterocycles. The van der Waals surface area contributed by atoms with Gasteiger partial charge < -0.3 is 5.32 Å². The molecule has 1 saturated carbocycles. The third-order valence-electron chi connectivity index (χ3n) is 3.52. The van der Waals surface area contributed by atoms with Crippen LogP contribution in [-0.2, 0) is 0 Å². The van der Waals surface area contributed by atoms with Gasteiger partial charge in [0.1, 0.15) is 0 Å². The molecule has 2 nitrogen and oxygen atoms in total. The molecule has 1 heterocycles. The van der Waals surface area contributed by atoms with Crippen LogP contribution in [-0.4, -0.2) is 36.6 Å². The van der Waals surface area contributed by atoms with E-state index in [1.807, 2.05) is 0 Å². The molecule has 1 unspecified atom stereocenters. The summed E-state index contributed by atoms with van der Waals surface area (Å²) in [5.74, 6) is 0. The standard InChI is InChI=1S/C11H22N2/c1-2-4-10-9-13(8-7-12-10)11-5-3-6-11/h10-12H,2-9H2,1H3. The van der Waals surface area contributed by atoms with E-state index in [1.54, 1.807) is 0 Å². The van der Waals surface area contributed by atoms with Crippen LogP contribution < -0.4 is 5.32 Å². The topological polar surface area (TPSA) is 15.3 Å². The van der Waals surface area contributed by atoms with Gasteiger partial charge in [-0.25, -0.2) is 0 Å². The molecule has 2 rings (SSSR count). The first-order valence-electron chi connectivity index (χ1n) is 5.87. The first-order chi connectivity index (χ1) is 6.40. The lowest BCUT2D eigenvalue weighted by molar-refractivity contribution is 0.0898. The van der Waals surface area contributed by atoms with Crippen LogP contribution in [0.15, 0.2) is 0 Å². The average Bonchev–Trinajstić information content (AvgIpc) is 2.02. The van der Waals surface area contributed by atoms with Crippen LogP contribution in [0.5, 0.6) is 0 Å². The summed E-state index contributed by atoms with van der Waals surface area (Å²) in [7, 11) is 0. The maximum Gasteiger partial charge on any atom is 0.0195 e. The van der Waals surface area contributed by atoms with Crippen molar-refractivity contribution in [1.82, 2.24) is 10.2 Å². The first kappa shape index (κ1) is 9.47. The maximum absolute atomic E-state index is 3.61. The van der Waals surface area contributed by atoms with Crippen molar-refractivity contribution in [3.8, 4) is 0 Å².